The molecule has 0 spiro atoms. The number of rotatable bonds is 9. The lowest BCUT2D eigenvalue weighted by Crippen LogP contribution is -2.54. The zero-order valence-electron chi connectivity index (χ0n) is 20.6. The highest BCUT2D eigenvalue weighted by Crippen LogP contribution is 2.29. The standard InChI is InChI=1S/C24H39N3O5/c1-9-12-16(4)25-21(29)20(17-13-10-11-14-18(17)28)27(8)22(30)19(15(2)3)26-23(31)32-24(5,6)7/h10-11,13-16,19-20,28H,9,12H2,1-8H3,(H,25,29)(H,26,31). The number of amides is 3. The van der Waals surface area contributed by atoms with E-state index >= 15 is 0 Å². The molecule has 180 valence electrons. The molecule has 32 heavy (non-hydrogen) atoms. The molecule has 1 aromatic carbocycles. The van der Waals surface area contributed by atoms with Crippen LogP contribution in [0.5, 0.6) is 5.75 Å². The molecule has 1 rings (SSSR count). The van der Waals surface area contributed by atoms with Gasteiger partial charge in [0.1, 0.15) is 23.4 Å². The van der Waals surface area contributed by atoms with E-state index in [-0.39, 0.29) is 17.7 Å². The van der Waals surface area contributed by atoms with Gasteiger partial charge in [0.25, 0.3) is 0 Å². The van der Waals surface area contributed by atoms with Gasteiger partial charge < -0.3 is 25.4 Å². The summed E-state index contributed by atoms with van der Waals surface area (Å²) in [5.74, 6) is -1.21. The van der Waals surface area contributed by atoms with Gasteiger partial charge in [-0.3, -0.25) is 9.59 Å². The Balaban J connectivity index is 3.24. The summed E-state index contributed by atoms with van der Waals surface area (Å²) in [6.45, 7) is 12.7. The average Bonchev–Trinajstić information content (AvgIpc) is 2.65. The van der Waals surface area contributed by atoms with Gasteiger partial charge in [0.15, 0.2) is 0 Å². The van der Waals surface area contributed by atoms with E-state index in [0.717, 1.165) is 12.8 Å². The van der Waals surface area contributed by atoms with Crippen molar-refractivity contribution < 1.29 is 24.2 Å². The van der Waals surface area contributed by atoms with Crippen molar-refractivity contribution in [3.05, 3.63) is 29.8 Å². The van der Waals surface area contributed by atoms with Gasteiger partial charge in [0.05, 0.1) is 0 Å². The number of phenolic OH excluding ortho intramolecular Hbond substituents is 1. The second-order valence-corrected chi connectivity index (χ2v) is 9.48. The quantitative estimate of drug-likeness (QED) is 0.532. The third-order valence-corrected chi connectivity index (χ3v) is 4.93. The molecule has 0 aliphatic heterocycles. The van der Waals surface area contributed by atoms with Crippen molar-refractivity contribution >= 4 is 17.9 Å². The normalized spacial score (nSPS) is 14.3. The minimum absolute atomic E-state index is 0.0864. The lowest BCUT2D eigenvalue weighted by atomic mass is 9.98. The van der Waals surface area contributed by atoms with E-state index in [1.54, 1.807) is 52.8 Å². The maximum Gasteiger partial charge on any atom is 0.408 e. The van der Waals surface area contributed by atoms with E-state index in [4.69, 9.17) is 4.74 Å². The topological polar surface area (TPSA) is 108 Å². The molecule has 8 heteroatoms. The number of benzene rings is 1. The average molecular weight is 450 g/mol. The summed E-state index contributed by atoms with van der Waals surface area (Å²) in [6.07, 6.45) is 0.969. The van der Waals surface area contributed by atoms with E-state index < -0.39 is 35.6 Å². The summed E-state index contributed by atoms with van der Waals surface area (Å²) >= 11 is 0. The van der Waals surface area contributed by atoms with E-state index in [0.29, 0.717) is 5.56 Å². The van der Waals surface area contributed by atoms with E-state index in [9.17, 15) is 19.5 Å². The lowest BCUT2D eigenvalue weighted by molar-refractivity contribution is -0.142. The number of phenols is 1. The molecular weight excluding hydrogens is 410 g/mol. The maximum atomic E-state index is 13.4. The zero-order chi connectivity index (χ0) is 24.6. The van der Waals surface area contributed by atoms with Gasteiger partial charge in [-0.1, -0.05) is 45.4 Å². The number of para-hydroxylation sites is 1. The number of hydrogen-bond acceptors (Lipinski definition) is 5. The Morgan fingerprint density at radius 1 is 1.09 bits per heavy atom. The van der Waals surface area contributed by atoms with Crippen LogP contribution in [-0.4, -0.2) is 52.6 Å². The first-order valence-corrected chi connectivity index (χ1v) is 11.1. The van der Waals surface area contributed by atoms with Crippen molar-refractivity contribution in [1.29, 1.82) is 0 Å². The highest BCUT2D eigenvalue weighted by molar-refractivity contribution is 5.92. The van der Waals surface area contributed by atoms with Crippen LogP contribution in [0.2, 0.25) is 0 Å². The molecule has 3 unspecified atom stereocenters. The Kier molecular flexibility index (Phi) is 10.0. The molecule has 3 N–H and O–H groups in total. The summed E-state index contributed by atoms with van der Waals surface area (Å²) in [5, 5.41) is 16.0. The van der Waals surface area contributed by atoms with Crippen LogP contribution in [0.25, 0.3) is 0 Å². The van der Waals surface area contributed by atoms with Crippen LogP contribution in [0, 0.1) is 5.92 Å². The van der Waals surface area contributed by atoms with Crippen LogP contribution < -0.4 is 10.6 Å². The van der Waals surface area contributed by atoms with Crippen LogP contribution in [-0.2, 0) is 14.3 Å². The highest BCUT2D eigenvalue weighted by Gasteiger charge is 2.36. The number of ether oxygens (including phenoxy) is 1. The first kappa shape index (κ1) is 27.3. The zero-order valence-corrected chi connectivity index (χ0v) is 20.6. The largest absolute Gasteiger partial charge is 0.508 e. The van der Waals surface area contributed by atoms with Crippen molar-refractivity contribution in [3.63, 3.8) is 0 Å². The molecule has 0 bridgehead atoms. The third kappa shape index (κ3) is 8.05. The Hall–Kier alpha value is -2.77. The van der Waals surface area contributed by atoms with Crippen molar-refractivity contribution in [1.82, 2.24) is 15.5 Å². The fraction of sp³-hybridized carbons (Fsp3) is 0.625. The number of hydrogen-bond donors (Lipinski definition) is 3. The van der Waals surface area contributed by atoms with E-state index in [2.05, 4.69) is 10.6 Å². The van der Waals surface area contributed by atoms with Gasteiger partial charge in [-0.15, -0.1) is 0 Å². The van der Waals surface area contributed by atoms with Crippen LogP contribution >= 0.6 is 0 Å². The Morgan fingerprint density at radius 2 is 1.69 bits per heavy atom. The predicted molar refractivity (Wildman–Crippen MR) is 124 cm³/mol. The molecule has 0 radical (unpaired) electrons. The fourth-order valence-corrected chi connectivity index (χ4v) is 3.37. The molecular formula is C24H39N3O5. The van der Waals surface area contributed by atoms with Crippen molar-refractivity contribution in [2.75, 3.05) is 7.05 Å². The Labute approximate surface area is 191 Å². The number of likely N-dealkylation sites (N-methyl/N-ethyl adjacent to an activating group) is 1. The minimum Gasteiger partial charge on any atom is -0.508 e. The predicted octanol–water partition coefficient (Wildman–Crippen LogP) is 3.75. The first-order valence-electron chi connectivity index (χ1n) is 11.1. The smallest absolute Gasteiger partial charge is 0.408 e. The lowest BCUT2D eigenvalue weighted by Gasteiger charge is -2.33. The molecule has 0 fully saturated rings. The van der Waals surface area contributed by atoms with Gasteiger partial charge >= 0.3 is 6.09 Å². The summed E-state index contributed by atoms with van der Waals surface area (Å²) in [5.41, 5.74) is -0.405. The van der Waals surface area contributed by atoms with E-state index in [1.807, 2.05) is 13.8 Å². The highest BCUT2D eigenvalue weighted by atomic mass is 16.6. The van der Waals surface area contributed by atoms with Crippen LogP contribution in [0.4, 0.5) is 4.79 Å². The van der Waals surface area contributed by atoms with E-state index in [1.165, 1.54) is 18.0 Å². The van der Waals surface area contributed by atoms with Crippen LogP contribution in [0.1, 0.15) is 72.9 Å². The summed E-state index contributed by atoms with van der Waals surface area (Å²) in [7, 11) is 1.50. The third-order valence-electron chi connectivity index (χ3n) is 4.93. The minimum atomic E-state index is -1.07. The number of nitrogens with one attached hydrogen (secondary N) is 2. The van der Waals surface area contributed by atoms with Gasteiger partial charge in [-0.05, 0) is 46.1 Å². The van der Waals surface area contributed by atoms with Gasteiger partial charge in [-0.25, -0.2) is 4.79 Å². The number of carbonyl (C=O) groups excluding carboxylic acids is 3. The molecule has 1 aromatic rings. The Bertz CT molecular complexity index is 788. The van der Waals surface area contributed by atoms with Gasteiger partial charge in [0.2, 0.25) is 11.8 Å². The first-order chi connectivity index (χ1) is 14.8. The molecule has 0 aromatic heterocycles. The number of aromatic hydroxyl groups is 1. The molecule has 0 aliphatic rings. The van der Waals surface area contributed by atoms with Crippen LogP contribution in [0.3, 0.4) is 0 Å². The van der Waals surface area contributed by atoms with Crippen LogP contribution in [0.15, 0.2) is 24.3 Å². The molecule has 3 amide bonds. The van der Waals surface area contributed by atoms with Crippen molar-refractivity contribution in [2.45, 2.75) is 85.0 Å². The maximum absolute atomic E-state index is 13.4. The number of alkyl carbamates (subject to hydrolysis) is 1. The monoisotopic (exact) mass is 449 g/mol. The molecule has 3 atom stereocenters. The molecule has 0 aliphatic carbocycles. The SMILES string of the molecule is CCCC(C)NC(=O)C(c1ccccc1O)N(C)C(=O)C(NC(=O)OC(C)(C)C)C(C)C. The second kappa shape index (κ2) is 11.7. The molecule has 0 saturated carbocycles. The van der Waals surface area contributed by atoms with Crippen molar-refractivity contribution in [3.8, 4) is 5.75 Å². The number of carbonyl (C=O) groups is 3. The van der Waals surface area contributed by atoms with Gasteiger partial charge in [0, 0.05) is 18.7 Å². The summed E-state index contributed by atoms with van der Waals surface area (Å²) < 4.78 is 5.30. The second-order valence-electron chi connectivity index (χ2n) is 9.48. The molecule has 0 saturated heterocycles. The number of nitrogens with zero attached hydrogens (tertiary/aromatic N) is 1. The summed E-state index contributed by atoms with van der Waals surface area (Å²) in [4.78, 5) is 40.2. The van der Waals surface area contributed by atoms with Gasteiger partial charge in [-0.2, -0.15) is 0 Å². The molecule has 8 nitrogen and oxygen atoms in total. The summed E-state index contributed by atoms with van der Waals surface area (Å²) in [6, 6.07) is 4.36. The van der Waals surface area contributed by atoms with Crippen molar-refractivity contribution in [2.24, 2.45) is 5.92 Å². The Morgan fingerprint density at radius 3 is 2.19 bits per heavy atom. The molecule has 0 heterocycles. The fourth-order valence-electron chi connectivity index (χ4n) is 3.37.